The average Bonchev–Trinajstić information content (AvgIpc) is 3.03. The Balaban J connectivity index is 2.18. The SMILES string of the molecule is Cc1ccc(NC(=O)C(NS(=O)(=O)c2cccs2)C(C)C)cc1F. The number of carbonyl (C=O) groups is 1. The van der Waals surface area contributed by atoms with Crippen molar-refractivity contribution in [2.75, 3.05) is 5.32 Å². The maximum atomic E-state index is 13.6. The minimum atomic E-state index is -3.78. The van der Waals surface area contributed by atoms with E-state index in [0.717, 1.165) is 11.3 Å². The van der Waals surface area contributed by atoms with Gasteiger partial charge in [0.05, 0.1) is 0 Å². The molecule has 0 fully saturated rings. The number of hydrogen-bond donors (Lipinski definition) is 2. The number of carbonyl (C=O) groups excluding carboxylic acids is 1. The molecule has 1 unspecified atom stereocenters. The molecule has 0 aliphatic rings. The van der Waals surface area contributed by atoms with Gasteiger partial charge in [0.1, 0.15) is 16.1 Å². The van der Waals surface area contributed by atoms with Crippen LogP contribution in [0.25, 0.3) is 0 Å². The van der Waals surface area contributed by atoms with Crippen molar-refractivity contribution in [3.05, 3.63) is 47.1 Å². The minimum Gasteiger partial charge on any atom is -0.325 e. The Bertz CT molecular complexity index is 818. The Morgan fingerprint density at radius 3 is 2.50 bits per heavy atom. The maximum absolute atomic E-state index is 13.6. The lowest BCUT2D eigenvalue weighted by molar-refractivity contribution is -0.118. The van der Waals surface area contributed by atoms with E-state index in [9.17, 15) is 17.6 Å². The molecule has 1 aromatic heterocycles. The standard InChI is InChI=1S/C16H19FN2O3S2/c1-10(2)15(19-24(21,22)14-5-4-8-23-14)16(20)18-12-7-6-11(3)13(17)9-12/h4-10,15,19H,1-3H3,(H,18,20). The molecule has 0 spiro atoms. The Morgan fingerprint density at radius 2 is 1.96 bits per heavy atom. The first-order chi connectivity index (χ1) is 11.2. The minimum absolute atomic E-state index is 0.141. The average molecular weight is 370 g/mol. The molecule has 1 heterocycles. The molecule has 0 radical (unpaired) electrons. The summed E-state index contributed by atoms with van der Waals surface area (Å²) in [6.45, 7) is 5.08. The quantitative estimate of drug-likeness (QED) is 0.820. The molecule has 1 atom stereocenters. The van der Waals surface area contributed by atoms with Crippen LogP contribution in [0.1, 0.15) is 19.4 Å². The highest BCUT2D eigenvalue weighted by molar-refractivity contribution is 7.91. The van der Waals surface area contributed by atoms with Crippen LogP contribution in [0.4, 0.5) is 10.1 Å². The number of aryl methyl sites for hydroxylation is 1. The number of amides is 1. The van der Waals surface area contributed by atoms with E-state index >= 15 is 0 Å². The molecule has 0 aliphatic carbocycles. The second-order valence-corrected chi connectivity index (χ2v) is 8.62. The highest BCUT2D eigenvalue weighted by Crippen LogP contribution is 2.19. The van der Waals surface area contributed by atoms with E-state index in [4.69, 9.17) is 0 Å². The van der Waals surface area contributed by atoms with Crippen molar-refractivity contribution in [2.45, 2.75) is 31.0 Å². The summed E-state index contributed by atoms with van der Waals surface area (Å²) in [7, 11) is -3.78. The second kappa shape index (κ2) is 7.42. The zero-order valence-corrected chi connectivity index (χ0v) is 15.2. The van der Waals surface area contributed by atoms with E-state index in [1.54, 1.807) is 44.4 Å². The molecule has 2 aromatic rings. The van der Waals surface area contributed by atoms with Gasteiger partial charge in [-0.1, -0.05) is 26.0 Å². The number of rotatable bonds is 6. The molecule has 2 rings (SSSR count). The summed E-state index contributed by atoms with van der Waals surface area (Å²) in [6.07, 6.45) is 0. The molecule has 24 heavy (non-hydrogen) atoms. The van der Waals surface area contributed by atoms with Crippen molar-refractivity contribution in [1.82, 2.24) is 4.72 Å². The van der Waals surface area contributed by atoms with Gasteiger partial charge < -0.3 is 5.32 Å². The van der Waals surface area contributed by atoms with Crippen LogP contribution in [-0.4, -0.2) is 20.4 Å². The Labute approximate surface area is 145 Å². The van der Waals surface area contributed by atoms with Gasteiger partial charge in [0.15, 0.2) is 0 Å². The third kappa shape index (κ3) is 4.40. The number of hydrogen-bond acceptors (Lipinski definition) is 4. The molecule has 1 aromatic carbocycles. The van der Waals surface area contributed by atoms with Gasteiger partial charge >= 0.3 is 0 Å². The van der Waals surface area contributed by atoms with Gasteiger partial charge in [0.2, 0.25) is 5.91 Å². The summed E-state index contributed by atoms with van der Waals surface area (Å²) < 4.78 is 40.8. The van der Waals surface area contributed by atoms with Crippen LogP contribution in [0.5, 0.6) is 0 Å². The van der Waals surface area contributed by atoms with Crippen molar-refractivity contribution in [3.8, 4) is 0 Å². The molecule has 8 heteroatoms. The number of anilines is 1. The topological polar surface area (TPSA) is 75.3 Å². The molecule has 1 amide bonds. The first kappa shape index (κ1) is 18.6. The monoisotopic (exact) mass is 370 g/mol. The fourth-order valence-electron chi connectivity index (χ4n) is 2.02. The summed E-state index contributed by atoms with van der Waals surface area (Å²) >= 11 is 1.07. The highest BCUT2D eigenvalue weighted by Gasteiger charge is 2.29. The van der Waals surface area contributed by atoms with Crippen LogP contribution in [0.2, 0.25) is 0 Å². The van der Waals surface area contributed by atoms with E-state index in [1.165, 1.54) is 12.1 Å². The lowest BCUT2D eigenvalue weighted by Gasteiger charge is -2.21. The van der Waals surface area contributed by atoms with Crippen molar-refractivity contribution in [3.63, 3.8) is 0 Å². The van der Waals surface area contributed by atoms with Gasteiger partial charge in [0, 0.05) is 5.69 Å². The second-order valence-electron chi connectivity index (χ2n) is 5.73. The van der Waals surface area contributed by atoms with Crippen molar-refractivity contribution in [2.24, 2.45) is 5.92 Å². The third-order valence-corrected chi connectivity index (χ3v) is 6.27. The van der Waals surface area contributed by atoms with E-state index in [0.29, 0.717) is 5.56 Å². The molecule has 5 nitrogen and oxygen atoms in total. The van der Waals surface area contributed by atoms with Gasteiger partial charge in [0.25, 0.3) is 10.0 Å². The van der Waals surface area contributed by atoms with Crippen LogP contribution in [0.15, 0.2) is 39.9 Å². The first-order valence-electron chi connectivity index (χ1n) is 7.33. The Morgan fingerprint density at radius 1 is 1.25 bits per heavy atom. The summed E-state index contributed by atoms with van der Waals surface area (Å²) in [4.78, 5) is 12.4. The van der Waals surface area contributed by atoms with Gasteiger partial charge in [-0.3, -0.25) is 4.79 Å². The van der Waals surface area contributed by atoms with Gasteiger partial charge in [-0.25, -0.2) is 12.8 Å². The Kier molecular flexibility index (Phi) is 5.74. The number of nitrogens with one attached hydrogen (secondary N) is 2. The summed E-state index contributed by atoms with van der Waals surface area (Å²) in [5, 5.41) is 4.20. The predicted molar refractivity (Wildman–Crippen MR) is 93.0 cm³/mol. The number of halogens is 1. The molecule has 0 bridgehead atoms. The first-order valence-corrected chi connectivity index (χ1v) is 9.70. The molecular formula is C16H19FN2O3S2. The molecule has 0 aliphatic heterocycles. The highest BCUT2D eigenvalue weighted by atomic mass is 32.2. The van der Waals surface area contributed by atoms with E-state index in [2.05, 4.69) is 10.0 Å². The molecule has 130 valence electrons. The van der Waals surface area contributed by atoms with E-state index in [1.807, 2.05) is 0 Å². The smallest absolute Gasteiger partial charge is 0.250 e. The van der Waals surface area contributed by atoms with Crippen molar-refractivity contribution < 1.29 is 17.6 Å². The van der Waals surface area contributed by atoms with Crippen molar-refractivity contribution >= 4 is 33.0 Å². The summed E-state index contributed by atoms with van der Waals surface area (Å²) in [5.74, 6) is -1.25. The van der Waals surface area contributed by atoms with Gasteiger partial charge in [-0.2, -0.15) is 4.72 Å². The number of thiophene rings is 1. The number of benzene rings is 1. The fourth-order valence-corrected chi connectivity index (χ4v) is 4.38. The lowest BCUT2D eigenvalue weighted by Crippen LogP contribution is -2.46. The van der Waals surface area contributed by atoms with Crippen LogP contribution >= 0.6 is 11.3 Å². The summed E-state index contributed by atoms with van der Waals surface area (Å²) in [5.41, 5.74) is 0.746. The van der Waals surface area contributed by atoms with Gasteiger partial charge in [-0.05, 0) is 42.0 Å². The van der Waals surface area contributed by atoms with Gasteiger partial charge in [-0.15, -0.1) is 11.3 Å². The van der Waals surface area contributed by atoms with E-state index in [-0.39, 0.29) is 15.8 Å². The zero-order chi connectivity index (χ0) is 17.9. The van der Waals surface area contributed by atoms with Crippen LogP contribution in [0, 0.1) is 18.7 Å². The van der Waals surface area contributed by atoms with Crippen molar-refractivity contribution in [1.29, 1.82) is 0 Å². The zero-order valence-electron chi connectivity index (χ0n) is 13.5. The molecule has 0 saturated carbocycles. The molecule has 0 saturated heterocycles. The normalized spacial score (nSPS) is 13.0. The van der Waals surface area contributed by atoms with Crippen LogP contribution in [0.3, 0.4) is 0 Å². The molecule has 2 N–H and O–H groups in total. The van der Waals surface area contributed by atoms with Crippen LogP contribution in [-0.2, 0) is 14.8 Å². The van der Waals surface area contributed by atoms with E-state index < -0.39 is 27.8 Å². The number of sulfonamides is 1. The molecular weight excluding hydrogens is 351 g/mol. The maximum Gasteiger partial charge on any atom is 0.250 e. The lowest BCUT2D eigenvalue weighted by atomic mass is 10.0. The largest absolute Gasteiger partial charge is 0.325 e. The fraction of sp³-hybridized carbons (Fsp3) is 0.312. The Hall–Kier alpha value is -1.77. The van der Waals surface area contributed by atoms with Crippen LogP contribution < -0.4 is 10.0 Å². The third-order valence-electron chi connectivity index (χ3n) is 3.43. The predicted octanol–water partition coefficient (Wildman–Crippen LogP) is 3.14. The summed E-state index contributed by atoms with van der Waals surface area (Å²) in [6, 6.07) is 6.45.